The Bertz CT molecular complexity index is 279. The Kier molecular flexibility index (Phi) is 3.18. The number of aliphatic hydroxyl groups is 2. The topological polar surface area (TPSA) is 52.5 Å². The highest BCUT2D eigenvalue weighted by molar-refractivity contribution is 7.99. The van der Waals surface area contributed by atoms with Gasteiger partial charge < -0.3 is 15.5 Å². The third-order valence-corrected chi connectivity index (χ3v) is 6.45. The van der Waals surface area contributed by atoms with E-state index in [1.807, 2.05) is 11.8 Å². The number of hydrogen-bond donors (Lipinski definition) is 3. The van der Waals surface area contributed by atoms with Gasteiger partial charge in [0.1, 0.15) is 0 Å². The van der Waals surface area contributed by atoms with Crippen LogP contribution in [0.3, 0.4) is 0 Å². The smallest absolute Gasteiger partial charge is 0.0763 e. The molecule has 3 N–H and O–H groups in total. The van der Waals surface area contributed by atoms with E-state index >= 15 is 0 Å². The highest BCUT2D eigenvalue weighted by Gasteiger charge is 2.55. The number of thioether (sulfide) groups is 1. The Morgan fingerprint density at radius 3 is 2.47 bits per heavy atom. The first kappa shape index (κ1) is 12.3. The summed E-state index contributed by atoms with van der Waals surface area (Å²) in [6.07, 6.45) is 6.20. The van der Waals surface area contributed by atoms with Crippen LogP contribution in [0.1, 0.15) is 38.5 Å². The minimum Gasteiger partial charge on any atom is -0.396 e. The molecule has 3 nitrogen and oxygen atoms in total. The lowest BCUT2D eigenvalue weighted by atomic mass is 9.65. The van der Waals surface area contributed by atoms with Crippen LogP contribution in [0.25, 0.3) is 0 Å². The molecular weight excluding hydrogens is 234 g/mol. The van der Waals surface area contributed by atoms with Gasteiger partial charge in [0.15, 0.2) is 0 Å². The van der Waals surface area contributed by atoms with Crippen molar-refractivity contribution in [1.29, 1.82) is 0 Å². The molecule has 0 aromatic carbocycles. The SMILES string of the molecule is OCC1(C2(O)CC3CCC(C2)N3)CCCSC1. The summed E-state index contributed by atoms with van der Waals surface area (Å²) >= 11 is 1.90. The second kappa shape index (κ2) is 4.41. The van der Waals surface area contributed by atoms with Crippen molar-refractivity contribution in [2.45, 2.75) is 56.2 Å². The largest absolute Gasteiger partial charge is 0.396 e. The molecule has 0 amide bonds. The minimum atomic E-state index is -0.633. The van der Waals surface area contributed by atoms with Crippen molar-refractivity contribution in [3.05, 3.63) is 0 Å². The van der Waals surface area contributed by atoms with E-state index in [0.717, 1.165) is 31.4 Å². The average Bonchev–Trinajstić information content (AvgIpc) is 2.70. The lowest BCUT2D eigenvalue weighted by Gasteiger charge is -2.52. The van der Waals surface area contributed by atoms with Gasteiger partial charge >= 0.3 is 0 Å². The van der Waals surface area contributed by atoms with Crippen LogP contribution in [-0.2, 0) is 0 Å². The van der Waals surface area contributed by atoms with E-state index in [2.05, 4.69) is 5.32 Å². The maximum absolute atomic E-state index is 11.1. The highest BCUT2D eigenvalue weighted by Crippen LogP contribution is 2.50. The Morgan fingerprint density at radius 1 is 1.24 bits per heavy atom. The Morgan fingerprint density at radius 2 is 1.94 bits per heavy atom. The summed E-state index contributed by atoms with van der Waals surface area (Å²) < 4.78 is 0. The lowest BCUT2D eigenvalue weighted by Crippen LogP contribution is -2.60. The predicted molar refractivity (Wildman–Crippen MR) is 70.2 cm³/mol. The third kappa shape index (κ3) is 1.93. The van der Waals surface area contributed by atoms with Crippen LogP contribution in [0.15, 0.2) is 0 Å². The molecule has 3 aliphatic rings. The van der Waals surface area contributed by atoms with Gasteiger partial charge in [0, 0.05) is 23.3 Å². The maximum atomic E-state index is 11.1. The molecule has 3 saturated heterocycles. The van der Waals surface area contributed by atoms with Crippen molar-refractivity contribution in [3.8, 4) is 0 Å². The van der Waals surface area contributed by atoms with E-state index in [1.54, 1.807) is 0 Å². The normalized spacial score (nSPS) is 50.5. The fourth-order valence-corrected chi connectivity index (χ4v) is 5.43. The summed E-state index contributed by atoms with van der Waals surface area (Å²) in [7, 11) is 0. The van der Waals surface area contributed by atoms with Crippen LogP contribution >= 0.6 is 11.8 Å². The van der Waals surface area contributed by atoms with Crippen molar-refractivity contribution >= 4 is 11.8 Å². The van der Waals surface area contributed by atoms with Gasteiger partial charge in [-0.05, 0) is 44.3 Å². The number of piperidine rings is 1. The molecule has 0 spiro atoms. The van der Waals surface area contributed by atoms with Gasteiger partial charge in [-0.2, -0.15) is 11.8 Å². The quantitative estimate of drug-likeness (QED) is 0.694. The van der Waals surface area contributed by atoms with Crippen LogP contribution in [0.2, 0.25) is 0 Å². The minimum absolute atomic E-state index is 0.149. The van der Waals surface area contributed by atoms with Gasteiger partial charge in [-0.3, -0.25) is 0 Å². The number of aliphatic hydroxyl groups excluding tert-OH is 1. The summed E-state index contributed by atoms with van der Waals surface area (Å²) in [5.41, 5.74) is -0.870. The first-order valence-corrected chi connectivity index (χ1v) is 8.00. The van der Waals surface area contributed by atoms with Crippen LogP contribution < -0.4 is 5.32 Å². The molecule has 0 aromatic rings. The summed E-state index contributed by atoms with van der Waals surface area (Å²) in [4.78, 5) is 0. The third-order valence-electron chi connectivity index (χ3n) is 5.12. The van der Waals surface area contributed by atoms with Crippen LogP contribution in [0.4, 0.5) is 0 Å². The second-order valence-corrected chi connectivity index (χ2v) is 7.28. The van der Waals surface area contributed by atoms with Crippen molar-refractivity contribution in [3.63, 3.8) is 0 Å². The van der Waals surface area contributed by atoms with E-state index in [0.29, 0.717) is 12.1 Å². The first-order chi connectivity index (χ1) is 8.17. The second-order valence-electron chi connectivity index (χ2n) is 6.17. The van der Waals surface area contributed by atoms with Gasteiger partial charge in [-0.25, -0.2) is 0 Å². The Labute approximate surface area is 107 Å². The summed E-state index contributed by atoms with van der Waals surface area (Å²) in [6, 6.07) is 0.961. The molecule has 3 rings (SSSR count). The average molecular weight is 257 g/mol. The van der Waals surface area contributed by atoms with E-state index in [9.17, 15) is 10.2 Å². The van der Waals surface area contributed by atoms with Gasteiger partial charge in [0.2, 0.25) is 0 Å². The zero-order chi connectivity index (χ0) is 11.9. The summed E-state index contributed by atoms with van der Waals surface area (Å²) in [5, 5.41) is 24.5. The van der Waals surface area contributed by atoms with Gasteiger partial charge in [0.05, 0.1) is 12.2 Å². The molecule has 3 aliphatic heterocycles. The van der Waals surface area contributed by atoms with Crippen LogP contribution in [-0.4, -0.2) is 46.0 Å². The first-order valence-electron chi connectivity index (χ1n) is 6.85. The number of rotatable bonds is 2. The molecular formula is C13H23NO2S. The van der Waals surface area contributed by atoms with Crippen LogP contribution in [0, 0.1) is 5.41 Å². The molecule has 2 bridgehead atoms. The van der Waals surface area contributed by atoms with E-state index in [1.165, 1.54) is 18.6 Å². The molecule has 0 saturated carbocycles. The zero-order valence-electron chi connectivity index (χ0n) is 10.3. The molecule has 0 aliphatic carbocycles. The summed E-state index contributed by atoms with van der Waals surface area (Å²) in [6.45, 7) is 0.149. The zero-order valence-corrected chi connectivity index (χ0v) is 11.1. The Hall–Kier alpha value is 0.230. The standard InChI is InChI=1S/C13H23NO2S/c15-8-12(4-1-5-17-9-12)13(16)6-10-2-3-11(7-13)14-10/h10-11,14-16H,1-9H2. The highest BCUT2D eigenvalue weighted by atomic mass is 32.2. The lowest BCUT2D eigenvalue weighted by molar-refractivity contribution is -0.129. The number of hydrogen-bond acceptors (Lipinski definition) is 4. The predicted octanol–water partition coefficient (Wildman–Crippen LogP) is 1.14. The van der Waals surface area contributed by atoms with Crippen molar-refractivity contribution in [1.82, 2.24) is 5.32 Å². The maximum Gasteiger partial charge on any atom is 0.0763 e. The molecule has 3 unspecified atom stereocenters. The molecule has 3 heterocycles. The number of nitrogens with one attached hydrogen (secondary N) is 1. The Balaban J connectivity index is 1.84. The molecule has 98 valence electrons. The molecule has 0 aromatic heterocycles. The van der Waals surface area contributed by atoms with E-state index in [-0.39, 0.29) is 12.0 Å². The van der Waals surface area contributed by atoms with Gasteiger partial charge in [0.25, 0.3) is 0 Å². The molecule has 17 heavy (non-hydrogen) atoms. The molecule has 4 heteroatoms. The van der Waals surface area contributed by atoms with Crippen molar-refractivity contribution in [2.75, 3.05) is 18.1 Å². The number of fused-ring (bicyclic) bond motifs is 2. The molecule has 3 fully saturated rings. The van der Waals surface area contributed by atoms with E-state index < -0.39 is 5.60 Å². The van der Waals surface area contributed by atoms with E-state index in [4.69, 9.17) is 0 Å². The van der Waals surface area contributed by atoms with Crippen molar-refractivity contribution < 1.29 is 10.2 Å². The monoisotopic (exact) mass is 257 g/mol. The van der Waals surface area contributed by atoms with Gasteiger partial charge in [-0.15, -0.1) is 0 Å². The van der Waals surface area contributed by atoms with Crippen LogP contribution in [0.5, 0.6) is 0 Å². The fourth-order valence-electron chi connectivity index (χ4n) is 4.05. The van der Waals surface area contributed by atoms with Gasteiger partial charge in [-0.1, -0.05) is 0 Å². The molecule has 0 radical (unpaired) electrons. The summed E-state index contributed by atoms with van der Waals surface area (Å²) in [5.74, 6) is 2.11. The molecule has 3 atom stereocenters. The fraction of sp³-hybridized carbons (Fsp3) is 1.00. The van der Waals surface area contributed by atoms with Crippen molar-refractivity contribution in [2.24, 2.45) is 5.41 Å².